The van der Waals surface area contributed by atoms with Gasteiger partial charge in [0.2, 0.25) is 0 Å². The fraction of sp³-hybridized carbons (Fsp3) is 0.167. The molecule has 0 radical (unpaired) electrons. The summed E-state index contributed by atoms with van der Waals surface area (Å²) in [7, 11) is -2.32. The van der Waals surface area contributed by atoms with Gasteiger partial charge in [0.1, 0.15) is 10.6 Å². The van der Waals surface area contributed by atoms with Gasteiger partial charge in [0, 0.05) is 10.9 Å². The summed E-state index contributed by atoms with van der Waals surface area (Å²) in [6, 6.07) is 5.99. The van der Waals surface area contributed by atoms with Crippen molar-refractivity contribution in [3.63, 3.8) is 0 Å². The average molecular weight is 413 g/mol. The highest BCUT2D eigenvalue weighted by Crippen LogP contribution is 2.34. The SMILES string of the molecule is COc1cc(NS(=O)(=O)c2cc(CO)sc2Br)ccc1Cl. The predicted molar refractivity (Wildman–Crippen MR) is 86.8 cm³/mol. The molecule has 2 rings (SSSR count). The minimum atomic E-state index is -3.77. The van der Waals surface area contributed by atoms with E-state index in [9.17, 15) is 8.42 Å². The van der Waals surface area contributed by atoms with E-state index in [4.69, 9.17) is 21.4 Å². The third-order valence-electron chi connectivity index (χ3n) is 2.56. The third kappa shape index (κ3) is 3.70. The van der Waals surface area contributed by atoms with E-state index in [0.717, 1.165) is 11.3 Å². The van der Waals surface area contributed by atoms with Crippen LogP contribution in [0.4, 0.5) is 5.69 Å². The molecule has 1 aromatic carbocycles. The molecule has 0 unspecified atom stereocenters. The first-order chi connectivity index (χ1) is 9.87. The Bertz CT molecular complexity index is 761. The lowest BCUT2D eigenvalue weighted by Gasteiger charge is -2.09. The first-order valence-corrected chi connectivity index (χ1v) is 9.10. The first kappa shape index (κ1) is 16.6. The molecule has 1 aromatic heterocycles. The summed E-state index contributed by atoms with van der Waals surface area (Å²) in [5.74, 6) is 0.372. The lowest BCUT2D eigenvalue weighted by atomic mass is 10.3. The van der Waals surface area contributed by atoms with Crippen LogP contribution in [-0.4, -0.2) is 20.6 Å². The highest BCUT2D eigenvalue weighted by molar-refractivity contribution is 9.11. The number of benzene rings is 1. The number of hydrogen-bond acceptors (Lipinski definition) is 5. The maximum absolute atomic E-state index is 12.3. The Hall–Kier alpha value is -0.800. The van der Waals surface area contributed by atoms with Crippen molar-refractivity contribution in [3.05, 3.63) is 38.0 Å². The van der Waals surface area contributed by atoms with Gasteiger partial charge < -0.3 is 9.84 Å². The van der Waals surface area contributed by atoms with E-state index in [1.54, 1.807) is 6.07 Å². The molecule has 2 aromatic rings. The Morgan fingerprint density at radius 2 is 2.14 bits per heavy atom. The summed E-state index contributed by atoms with van der Waals surface area (Å²) < 4.78 is 32.6. The van der Waals surface area contributed by atoms with Gasteiger partial charge in [-0.15, -0.1) is 11.3 Å². The summed E-state index contributed by atoms with van der Waals surface area (Å²) in [6.45, 7) is -0.215. The minimum Gasteiger partial charge on any atom is -0.495 e. The van der Waals surface area contributed by atoms with E-state index in [2.05, 4.69) is 20.7 Å². The molecule has 0 aliphatic heterocycles. The van der Waals surface area contributed by atoms with Crippen molar-refractivity contribution in [2.24, 2.45) is 0 Å². The van der Waals surface area contributed by atoms with E-state index in [0.29, 0.717) is 25.1 Å². The zero-order chi connectivity index (χ0) is 15.6. The number of ether oxygens (including phenoxy) is 1. The zero-order valence-corrected chi connectivity index (χ0v) is 14.7. The van der Waals surface area contributed by atoms with Crippen molar-refractivity contribution in [3.8, 4) is 5.75 Å². The lowest BCUT2D eigenvalue weighted by Crippen LogP contribution is -2.12. The molecule has 0 saturated heterocycles. The van der Waals surface area contributed by atoms with Gasteiger partial charge in [-0.05, 0) is 34.1 Å². The van der Waals surface area contributed by atoms with Gasteiger partial charge in [0.15, 0.2) is 0 Å². The summed E-state index contributed by atoms with van der Waals surface area (Å²) in [5, 5.41) is 9.46. The van der Waals surface area contributed by atoms with Gasteiger partial charge in [0.25, 0.3) is 10.0 Å². The van der Waals surface area contributed by atoms with E-state index >= 15 is 0 Å². The second-order valence-corrected chi connectivity index (χ2v) is 8.48. The molecule has 21 heavy (non-hydrogen) atoms. The van der Waals surface area contributed by atoms with Crippen molar-refractivity contribution in [1.82, 2.24) is 0 Å². The molecule has 5 nitrogen and oxygen atoms in total. The lowest BCUT2D eigenvalue weighted by molar-refractivity contribution is 0.285. The number of aliphatic hydroxyl groups is 1. The van der Waals surface area contributed by atoms with Crippen LogP contribution in [0.25, 0.3) is 0 Å². The Labute approximate surface area is 139 Å². The quantitative estimate of drug-likeness (QED) is 0.788. The van der Waals surface area contributed by atoms with Crippen molar-refractivity contribution >= 4 is 54.6 Å². The van der Waals surface area contributed by atoms with Gasteiger partial charge in [0.05, 0.1) is 28.2 Å². The van der Waals surface area contributed by atoms with E-state index in [-0.39, 0.29) is 11.5 Å². The fourth-order valence-corrected chi connectivity index (χ4v) is 5.38. The number of sulfonamides is 1. The smallest absolute Gasteiger partial charge is 0.263 e. The van der Waals surface area contributed by atoms with E-state index in [1.807, 2.05) is 0 Å². The van der Waals surface area contributed by atoms with Crippen LogP contribution in [0.5, 0.6) is 5.75 Å². The van der Waals surface area contributed by atoms with Crippen molar-refractivity contribution in [2.75, 3.05) is 11.8 Å². The number of aliphatic hydroxyl groups excluding tert-OH is 1. The summed E-state index contributed by atoms with van der Waals surface area (Å²) >= 11 is 10.2. The molecular weight excluding hydrogens is 402 g/mol. The standard InChI is InChI=1S/C12H11BrClNO4S2/c1-19-10-4-7(2-3-9(10)14)15-21(17,18)11-5-8(6-16)20-12(11)13/h2-5,15-16H,6H2,1H3. The van der Waals surface area contributed by atoms with Gasteiger partial charge >= 0.3 is 0 Å². The van der Waals surface area contributed by atoms with Crippen molar-refractivity contribution in [2.45, 2.75) is 11.5 Å². The van der Waals surface area contributed by atoms with Crippen LogP contribution in [-0.2, 0) is 16.6 Å². The topological polar surface area (TPSA) is 75.6 Å². The molecule has 114 valence electrons. The molecule has 0 saturated carbocycles. The molecule has 2 N–H and O–H groups in total. The minimum absolute atomic E-state index is 0.0745. The number of anilines is 1. The maximum Gasteiger partial charge on any atom is 0.263 e. The van der Waals surface area contributed by atoms with Crippen molar-refractivity contribution < 1.29 is 18.3 Å². The number of nitrogens with one attached hydrogen (secondary N) is 1. The van der Waals surface area contributed by atoms with Crippen molar-refractivity contribution in [1.29, 1.82) is 0 Å². The molecule has 9 heteroatoms. The number of hydrogen-bond donors (Lipinski definition) is 2. The monoisotopic (exact) mass is 411 g/mol. The molecule has 0 amide bonds. The van der Waals surface area contributed by atoms with Crippen LogP contribution in [0.3, 0.4) is 0 Å². The molecule has 0 aliphatic rings. The largest absolute Gasteiger partial charge is 0.495 e. The zero-order valence-electron chi connectivity index (χ0n) is 10.8. The van der Waals surface area contributed by atoms with Crippen LogP contribution < -0.4 is 9.46 Å². The second kappa shape index (κ2) is 6.53. The number of methoxy groups -OCH3 is 1. The van der Waals surface area contributed by atoms with Crippen LogP contribution in [0.1, 0.15) is 4.88 Å². The van der Waals surface area contributed by atoms with Gasteiger partial charge in [-0.25, -0.2) is 8.42 Å². The van der Waals surface area contributed by atoms with Gasteiger partial charge in [-0.2, -0.15) is 0 Å². The van der Waals surface area contributed by atoms with E-state index < -0.39 is 10.0 Å². The van der Waals surface area contributed by atoms with Crippen LogP contribution in [0, 0.1) is 0 Å². The molecule has 0 fully saturated rings. The molecule has 0 bridgehead atoms. The fourth-order valence-electron chi connectivity index (χ4n) is 1.59. The first-order valence-electron chi connectivity index (χ1n) is 5.63. The van der Waals surface area contributed by atoms with E-state index in [1.165, 1.54) is 25.3 Å². The van der Waals surface area contributed by atoms with Crippen LogP contribution in [0.15, 0.2) is 32.9 Å². The normalized spacial score (nSPS) is 11.4. The Balaban J connectivity index is 2.35. The molecule has 0 atom stereocenters. The molecule has 0 aliphatic carbocycles. The molecule has 1 heterocycles. The maximum atomic E-state index is 12.3. The Morgan fingerprint density at radius 3 is 2.71 bits per heavy atom. The Kier molecular flexibility index (Phi) is 5.15. The Morgan fingerprint density at radius 1 is 1.43 bits per heavy atom. The summed E-state index contributed by atoms with van der Waals surface area (Å²) in [5.41, 5.74) is 0.333. The number of halogens is 2. The van der Waals surface area contributed by atoms with Crippen LogP contribution in [0.2, 0.25) is 5.02 Å². The highest BCUT2D eigenvalue weighted by atomic mass is 79.9. The summed E-state index contributed by atoms with van der Waals surface area (Å²) in [6.07, 6.45) is 0. The second-order valence-electron chi connectivity index (χ2n) is 3.96. The van der Waals surface area contributed by atoms with Gasteiger partial charge in [-0.3, -0.25) is 4.72 Å². The molecule has 0 spiro atoms. The summed E-state index contributed by atoms with van der Waals surface area (Å²) in [4.78, 5) is 0.626. The predicted octanol–water partition coefficient (Wildman–Crippen LogP) is 3.47. The number of rotatable bonds is 5. The van der Waals surface area contributed by atoms with Gasteiger partial charge in [-0.1, -0.05) is 11.6 Å². The van der Waals surface area contributed by atoms with Crippen LogP contribution >= 0.6 is 38.9 Å². The third-order valence-corrected chi connectivity index (χ3v) is 6.49. The molecular formula is C12H11BrClNO4S2. The average Bonchev–Trinajstić information content (AvgIpc) is 2.83. The number of thiophene rings is 1. The highest BCUT2D eigenvalue weighted by Gasteiger charge is 2.21.